The Morgan fingerprint density at radius 2 is 2.06 bits per heavy atom. The van der Waals surface area contributed by atoms with Crippen molar-refractivity contribution in [3.05, 3.63) is 34.9 Å². The van der Waals surface area contributed by atoms with Crippen LogP contribution in [-0.4, -0.2) is 12.0 Å². The zero-order valence-corrected chi connectivity index (χ0v) is 11.0. The van der Waals surface area contributed by atoms with Gasteiger partial charge in [-0.15, -0.1) is 11.6 Å². The molecule has 1 aromatic carbocycles. The van der Waals surface area contributed by atoms with Gasteiger partial charge in [0, 0.05) is 12.0 Å². The van der Waals surface area contributed by atoms with Crippen LogP contribution in [0.5, 0.6) is 0 Å². The van der Waals surface area contributed by atoms with Gasteiger partial charge in [0.1, 0.15) is 0 Å². The van der Waals surface area contributed by atoms with Crippen LogP contribution < -0.4 is 0 Å². The molecule has 1 aliphatic heterocycles. The number of aryl methyl sites for hydroxylation is 2. The molecule has 1 fully saturated rings. The van der Waals surface area contributed by atoms with Gasteiger partial charge in [-0.25, -0.2) is 0 Å². The summed E-state index contributed by atoms with van der Waals surface area (Å²) in [6.07, 6.45) is 1.86. The minimum atomic E-state index is -0.205. The van der Waals surface area contributed by atoms with Crippen molar-refractivity contribution in [3.63, 3.8) is 0 Å². The lowest BCUT2D eigenvalue weighted by atomic mass is 9.86. The van der Waals surface area contributed by atoms with Crippen LogP contribution >= 0.6 is 11.6 Å². The predicted molar refractivity (Wildman–Crippen MR) is 68.1 cm³/mol. The smallest absolute Gasteiger partial charge is 0.0917 e. The molecule has 0 aromatic heterocycles. The molecule has 0 radical (unpaired) electrons. The Kier molecular flexibility index (Phi) is 3.27. The molecule has 0 aliphatic carbocycles. The van der Waals surface area contributed by atoms with Gasteiger partial charge in [0.15, 0.2) is 0 Å². The number of rotatable bonds is 1. The molecule has 2 atom stereocenters. The van der Waals surface area contributed by atoms with Crippen molar-refractivity contribution in [2.45, 2.75) is 44.6 Å². The van der Waals surface area contributed by atoms with Crippen molar-refractivity contribution in [1.82, 2.24) is 0 Å². The van der Waals surface area contributed by atoms with Crippen molar-refractivity contribution < 1.29 is 4.74 Å². The molecule has 1 heterocycles. The average Bonchev–Trinajstić information content (AvgIpc) is 2.21. The van der Waals surface area contributed by atoms with Gasteiger partial charge >= 0.3 is 0 Å². The maximum absolute atomic E-state index is 6.24. The fraction of sp³-hybridized carbons (Fsp3) is 0.571. The molecule has 1 saturated heterocycles. The molecule has 2 unspecified atom stereocenters. The summed E-state index contributed by atoms with van der Waals surface area (Å²) in [7, 11) is 0. The molecule has 2 rings (SSSR count). The first-order chi connectivity index (χ1) is 7.51. The lowest BCUT2D eigenvalue weighted by Crippen LogP contribution is -2.35. The van der Waals surface area contributed by atoms with Crippen LogP contribution in [0.4, 0.5) is 0 Å². The highest BCUT2D eigenvalue weighted by Gasteiger charge is 2.34. The number of halogens is 1. The second kappa shape index (κ2) is 4.38. The van der Waals surface area contributed by atoms with Crippen molar-refractivity contribution >= 4 is 11.6 Å². The molecule has 16 heavy (non-hydrogen) atoms. The van der Waals surface area contributed by atoms with Crippen molar-refractivity contribution in [3.8, 4) is 0 Å². The summed E-state index contributed by atoms with van der Waals surface area (Å²) in [6, 6.07) is 6.55. The molecule has 1 aliphatic rings. The van der Waals surface area contributed by atoms with Gasteiger partial charge in [0.25, 0.3) is 0 Å². The van der Waals surface area contributed by atoms with E-state index < -0.39 is 0 Å². The molecule has 0 bridgehead atoms. The maximum Gasteiger partial charge on any atom is 0.0917 e. The fourth-order valence-electron chi connectivity index (χ4n) is 2.27. The van der Waals surface area contributed by atoms with E-state index in [4.69, 9.17) is 16.3 Å². The molecule has 1 nitrogen and oxygen atoms in total. The van der Waals surface area contributed by atoms with E-state index in [-0.39, 0.29) is 11.0 Å². The SMILES string of the molecule is Cc1ccc(C2(C)CC(Cl)CCO2)cc1C. The van der Waals surface area contributed by atoms with E-state index in [2.05, 4.69) is 39.0 Å². The monoisotopic (exact) mass is 238 g/mol. The molecular weight excluding hydrogens is 220 g/mol. The van der Waals surface area contributed by atoms with E-state index >= 15 is 0 Å². The van der Waals surface area contributed by atoms with E-state index in [0.29, 0.717) is 0 Å². The van der Waals surface area contributed by atoms with Gasteiger partial charge in [-0.3, -0.25) is 0 Å². The minimum Gasteiger partial charge on any atom is -0.370 e. The Balaban J connectivity index is 2.31. The first-order valence-corrected chi connectivity index (χ1v) is 6.31. The van der Waals surface area contributed by atoms with Crippen molar-refractivity contribution in [2.75, 3.05) is 6.61 Å². The number of hydrogen-bond acceptors (Lipinski definition) is 1. The Bertz CT molecular complexity index is 388. The number of benzene rings is 1. The van der Waals surface area contributed by atoms with Crippen LogP contribution in [0.3, 0.4) is 0 Å². The zero-order valence-electron chi connectivity index (χ0n) is 10.2. The molecule has 0 N–H and O–H groups in total. The van der Waals surface area contributed by atoms with Crippen LogP contribution in [0, 0.1) is 13.8 Å². The third-order valence-electron chi connectivity index (χ3n) is 3.58. The Morgan fingerprint density at radius 3 is 2.69 bits per heavy atom. The van der Waals surface area contributed by atoms with Crippen LogP contribution in [0.25, 0.3) is 0 Å². The summed E-state index contributed by atoms with van der Waals surface area (Å²) in [5.41, 5.74) is 3.69. The number of alkyl halides is 1. The highest BCUT2D eigenvalue weighted by atomic mass is 35.5. The van der Waals surface area contributed by atoms with Gasteiger partial charge in [0.05, 0.1) is 5.60 Å². The fourth-order valence-corrected chi connectivity index (χ4v) is 2.65. The standard InChI is InChI=1S/C14H19ClO/c1-10-4-5-12(8-11(10)2)14(3)9-13(15)6-7-16-14/h4-5,8,13H,6-7,9H2,1-3H3. The molecule has 0 amide bonds. The second-order valence-electron chi connectivity index (χ2n) is 4.97. The summed E-state index contributed by atoms with van der Waals surface area (Å²) < 4.78 is 5.93. The predicted octanol–water partition coefficient (Wildman–Crippen LogP) is 3.94. The highest BCUT2D eigenvalue weighted by molar-refractivity contribution is 6.20. The van der Waals surface area contributed by atoms with E-state index in [9.17, 15) is 0 Å². The van der Waals surface area contributed by atoms with Crippen LogP contribution in [0.2, 0.25) is 0 Å². The van der Waals surface area contributed by atoms with Crippen LogP contribution in [0.15, 0.2) is 18.2 Å². The van der Waals surface area contributed by atoms with Crippen molar-refractivity contribution in [2.24, 2.45) is 0 Å². The molecule has 1 aromatic rings. The largest absolute Gasteiger partial charge is 0.370 e. The Hall–Kier alpha value is -0.530. The lowest BCUT2D eigenvalue weighted by Gasteiger charge is -2.37. The summed E-state index contributed by atoms with van der Waals surface area (Å²) in [6.45, 7) is 7.18. The van der Waals surface area contributed by atoms with E-state index in [0.717, 1.165) is 19.4 Å². The topological polar surface area (TPSA) is 9.23 Å². The van der Waals surface area contributed by atoms with Gasteiger partial charge in [0.2, 0.25) is 0 Å². The van der Waals surface area contributed by atoms with Gasteiger partial charge in [-0.05, 0) is 50.3 Å². The quantitative estimate of drug-likeness (QED) is 0.674. The van der Waals surface area contributed by atoms with E-state index in [1.165, 1.54) is 16.7 Å². The minimum absolute atomic E-state index is 0.205. The lowest BCUT2D eigenvalue weighted by molar-refractivity contribution is -0.0684. The van der Waals surface area contributed by atoms with E-state index in [1.807, 2.05) is 0 Å². The molecule has 0 saturated carbocycles. The number of hydrogen-bond donors (Lipinski definition) is 0. The van der Waals surface area contributed by atoms with Gasteiger partial charge in [-0.1, -0.05) is 18.2 Å². The van der Waals surface area contributed by atoms with E-state index in [1.54, 1.807) is 0 Å². The molecular formula is C14H19ClO. The molecule has 88 valence electrons. The first kappa shape index (κ1) is 11.9. The molecule has 2 heteroatoms. The van der Waals surface area contributed by atoms with Crippen LogP contribution in [-0.2, 0) is 10.3 Å². The third kappa shape index (κ3) is 2.26. The van der Waals surface area contributed by atoms with Crippen LogP contribution in [0.1, 0.15) is 36.5 Å². The van der Waals surface area contributed by atoms with Gasteiger partial charge < -0.3 is 4.74 Å². The Labute approximate surface area is 103 Å². The third-order valence-corrected chi connectivity index (χ3v) is 3.95. The summed E-state index contributed by atoms with van der Waals surface area (Å²) in [5, 5.41) is 0.236. The summed E-state index contributed by atoms with van der Waals surface area (Å²) in [4.78, 5) is 0. The Morgan fingerprint density at radius 1 is 1.31 bits per heavy atom. The average molecular weight is 239 g/mol. The molecule has 0 spiro atoms. The normalized spacial score (nSPS) is 30.4. The zero-order chi connectivity index (χ0) is 11.8. The summed E-state index contributed by atoms with van der Waals surface area (Å²) in [5.74, 6) is 0. The maximum atomic E-state index is 6.24. The number of ether oxygens (including phenoxy) is 1. The first-order valence-electron chi connectivity index (χ1n) is 5.87. The summed E-state index contributed by atoms with van der Waals surface area (Å²) >= 11 is 6.24. The van der Waals surface area contributed by atoms with Crippen molar-refractivity contribution in [1.29, 1.82) is 0 Å². The van der Waals surface area contributed by atoms with Gasteiger partial charge in [-0.2, -0.15) is 0 Å². The second-order valence-corrected chi connectivity index (χ2v) is 5.59. The highest BCUT2D eigenvalue weighted by Crippen LogP contribution is 2.37.